The van der Waals surface area contributed by atoms with Crippen LogP contribution in [0, 0.1) is 0 Å². The molecule has 2 fully saturated rings. The third kappa shape index (κ3) is 1.69. The highest BCUT2D eigenvalue weighted by Crippen LogP contribution is 2.35. The van der Waals surface area contributed by atoms with Crippen LogP contribution in [0.5, 0.6) is 0 Å². The highest BCUT2D eigenvalue weighted by molar-refractivity contribution is 4.93. The summed E-state index contributed by atoms with van der Waals surface area (Å²) in [7, 11) is 0. The van der Waals surface area contributed by atoms with Gasteiger partial charge in [0.25, 0.3) is 0 Å². The Bertz CT molecular complexity index is 275. The summed E-state index contributed by atoms with van der Waals surface area (Å²) in [6.07, 6.45) is -0.294. The predicted molar refractivity (Wildman–Crippen MR) is 47.6 cm³/mol. The summed E-state index contributed by atoms with van der Waals surface area (Å²) < 4.78 is 16.7. The van der Waals surface area contributed by atoms with E-state index >= 15 is 0 Å². The molecule has 2 aliphatic rings. The first-order valence-corrected chi connectivity index (χ1v) is 4.60. The zero-order valence-corrected chi connectivity index (χ0v) is 8.21. The van der Waals surface area contributed by atoms with E-state index in [9.17, 15) is 0 Å². The first-order valence-electron chi connectivity index (χ1n) is 4.60. The minimum Gasteiger partial charge on any atom is -0.372 e. The fourth-order valence-electron chi connectivity index (χ4n) is 1.89. The minimum atomic E-state index is -0.548. The molecule has 3 atom stereocenters. The van der Waals surface area contributed by atoms with Crippen molar-refractivity contribution in [3.05, 3.63) is 10.4 Å². The molecule has 0 amide bonds. The van der Waals surface area contributed by atoms with Crippen molar-refractivity contribution in [3.63, 3.8) is 0 Å². The highest BCUT2D eigenvalue weighted by Gasteiger charge is 2.49. The molecule has 0 bridgehead atoms. The van der Waals surface area contributed by atoms with Gasteiger partial charge in [-0.15, -0.1) is 0 Å². The van der Waals surface area contributed by atoms with E-state index in [1.807, 2.05) is 13.8 Å². The van der Waals surface area contributed by atoms with Gasteiger partial charge in [-0.3, -0.25) is 0 Å². The van der Waals surface area contributed by atoms with E-state index in [0.717, 1.165) is 0 Å². The number of hydrogen-bond acceptors (Lipinski definition) is 4. The van der Waals surface area contributed by atoms with Gasteiger partial charge in [0.1, 0.15) is 12.2 Å². The molecule has 0 spiro atoms. The molecule has 0 aliphatic carbocycles. The number of hydrogen-bond donors (Lipinski definition) is 0. The third-order valence-electron chi connectivity index (χ3n) is 2.39. The second-order valence-corrected chi connectivity index (χ2v) is 3.92. The van der Waals surface area contributed by atoms with Crippen LogP contribution in [0.1, 0.15) is 13.8 Å². The van der Waals surface area contributed by atoms with E-state index in [1.54, 1.807) is 0 Å². The van der Waals surface area contributed by atoms with Crippen LogP contribution in [-0.2, 0) is 14.2 Å². The number of fused-ring (bicyclic) bond motifs is 1. The molecule has 0 N–H and O–H groups in total. The normalized spacial score (nSPS) is 39.1. The van der Waals surface area contributed by atoms with Crippen LogP contribution in [0.4, 0.5) is 0 Å². The van der Waals surface area contributed by atoms with Gasteiger partial charge in [-0.1, -0.05) is 5.11 Å². The molecule has 0 radical (unpaired) electrons. The summed E-state index contributed by atoms with van der Waals surface area (Å²) in [6, 6.07) is 0. The molecule has 14 heavy (non-hydrogen) atoms. The number of ether oxygens (including phenoxy) is 3. The second kappa shape index (κ2) is 3.40. The Labute approximate surface area is 81.8 Å². The lowest BCUT2D eigenvalue weighted by molar-refractivity contribution is -0.173. The van der Waals surface area contributed by atoms with Crippen molar-refractivity contribution in [3.8, 4) is 0 Å². The van der Waals surface area contributed by atoms with Gasteiger partial charge in [0.15, 0.2) is 5.79 Å². The molecular formula is C8H13N3O3. The monoisotopic (exact) mass is 199 g/mol. The van der Waals surface area contributed by atoms with E-state index in [-0.39, 0.29) is 18.3 Å². The average Bonchev–Trinajstić information content (AvgIpc) is 2.57. The van der Waals surface area contributed by atoms with Crippen molar-refractivity contribution < 1.29 is 14.2 Å². The number of azide groups is 1. The lowest BCUT2D eigenvalue weighted by Gasteiger charge is -2.20. The van der Waals surface area contributed by atoms with Crippen molar-refractivity contribution in [2.24, 2.45) is 5.11 Å². The molecule has 0 saturated carbocycles. The average molecular weight is 199 g/mol. The summed E-state index contributed by atoms with van der Waals surface area (Å²) in [4.78, 5) is 2.70. The second-order valence-electron chi connectivity index (χ2n) is 3.92. The lowest BCUT2D eigenvalue weighted by atomic mass is 10.1. The maximum absolute atomic E-state index is 8.20. The van der Waals surface area contributed by atoms with E-state index in [0.29, 0.717) is 13.2 Å². The van der Waals surface area contributed by atoms with Crippen LogP contribution in [0.15, 0.2) is 5.11 Å². The molecule has 2 heterocycles. The van der Waals surface area contributed by atoms with Crippen LogP contribution >= 0.6 is 0 Å². The zero-order chi connectivity index (χ0) is 10.2. The molecule has 78 valence electrons. The third-order valence-corrected chi connectivity index (χ3v) is 2.39. The van der Waals surface area contributed by atoms with E-state index in [4.69, 9.17) is 19.7 Å². The SMILES string of the molecule is CC1(C)O[C@H]2[C@H](CN=[N+]=[N-])OC[C@H]2O1. The summed E-state index contributed by atoms with van der Waals surface area (Å²) in [6.45, 7) is 4.56. The van der Waals surface area contributed by atoms with Crippen molar-refractivity contribution in [1.29, 1.82) is 0 Å². The minimum absolute atomic E-state index is 0.0242. The molecule has 2 saturated heterocycles. The molecule has 2 rings (SSSR count). The number of rotatable bonds is 2. The maximum atomic E-state index is 8.20. The fraction of sp³-hybridized carbons (Fsp3) is 1.00. The fourth-order valence-corrected chi connectivity index (χ4v) is 1.89. The highest BCUT2D eigenvalue weighted by atomic mass is 16.8. The van der Waals surface area contributed by atoms with Gasteiger partial charge < -0.3 is 14.2 Å². The Morgan fingerprint density at radius 3 is 3.00 bits per heavy atom. The lowest BCUT2D eigenvalue weighted by Crippen LogP contribution is -2.31. The van der Waals surface area contributed by atoms with Gasteiger partial charge in [-0.05, 0) is 19.4 Å². The summed E-state index contributed by atoms with van der Waals surface area (Å²) >= 11 is 0. The van der Waals surface area contributed by atoms with Gasteiger partial charge in [0.05, 0.1) is 19.3 Å². The predicted octanol–water partition coefficient (Wildman–Crippen LogP) is 1.22. The standard InChI is InChI=1S/C8H13N3O3/c1-8(2)13-6-4-12-5(3-10-11-9)7(6)14-8/h5-7H,3-4H2,1-2H3/t5-,6+,7-/m0/s1. The Morgan fingerprint density at radius 1 is 1.50 bits per heavy atom. The first kappa shape index (κ1) is 9.73. The molecule has 0 aromatic rings. The molecule has 2 aliphatic heterocycles. The Hall–Kier alpha value is -0.810. The molecule has 0 aromatic carbocycles. The Morgan fingerprint density at radius 2 is 2.29 bits per heavy atom. The van der Waals surface area contributed by atoms with Gasteiger partial charge in [0.2, 0.25) is 0 Å². The maximum Gasteiger partial charge on any atom is 0.164 e. The van der Waals surface area contributed by atoms with Gasteiger partial charge in [-0.2, -0.15) is 0 Å². The van der Waals surface area contributed by atoms with Crippen LogP contribution in [0.2, 0.25) is 0 Å². The summed E-state index contributed by atoms with van der Waals surface area (Å²) in [5.41, 5.74) is 8.20. The molecule has 0 aromatic heterocycles. The van der Waals surface area contributed by atoms with Gasteiger partial charge in [-0.25, -0.2) is 0 Å². The van der Waals surface area contributed by atoms with Crippen LogP contribution in [0.25, 0.3) is 10.4 Å². The zero-order valence-electron chi connectivity index (χ0n) is 8.21. The smallest absolute Gasteiger partial charge is 0.164 e. The summed E-state index contributed by atoms with van der Waals surface area (Å²) in [5.74, 6) is -0.548. The molecule has 6 nitrogen and oxygen atoms in total. The van der Waals surface area contributed by atoms with E-state index in [2.05, 4.69) is 10.0 Å². The molecule has 6 heteroatoms. The largest absolute Gasteiger partial charge is 0.372 e. The van der Waals surface area contributed by atoms with Crippen LogP contribution < -0.4 is 0 Å². The van der Waals surface area contributed by atoms with E-state index < -0.39 is 5.79 Å². The Kier molecular flexibility index (Phi) is 2.36. The molecular weight excluding hydrogens is 186 g/mol. The number of nitrogens with zero attached hydrogens (tertiary/aromatic N) is 3. The van der Waals surface area contributed by atoms with Crippen LogP contribution in [-0.4, -0.2) is 37.3 Å². The van der Waals surface area contributed by atoms with Gasteiger partial charge >= 0.3 is 0 Å². The molecule has 0 unspecified atom stereocenters. The van der Waals surface area contributed by atoms with Crippen molar-refractivity contribution in [2.45, 2.75) is 37.9 Å². The van der Waals surface area contributed by atoms with Crippen molar-refractivity contribution >= 4 is 0 Å². The Balaban J connectivity index is 2.01. The van der Waals surface area contributed by atoms with Crippen molar-refractivity contribution in [2.75, 3.05) is 13.2 Å². The topological polar surface area (TPSA) is 76.5 Å². The van der Waals surface area contributed by atoms with Crippen LogP contribution in [0.3, 0.4) is 0 Å². The quantitative estimate of drug-likeness (QED) is 0.381. The van der Waals surface area contributed by atoms with Gasteiger partial charge in [0, 0.05) is 4.91 Å². The first-order chi connectivity index (χ1) is 6.62. The van der Waals surface area contributed by atoms with Crippen molar-refractivity contribution in [1.82, 2.24) is 0 Å². The van der Waals surface area contributed by atoms with E-state index in [1.165, 1.54) is 0 Å². The summed E-state index contributed by atoms with van der Waals surface area (Å²) in [5, 5.41) is 3.48.